The maximum atomic E-state index is 12.5. The molecule has 6 heteroatoms. The first-order chi connectivity index (χ1) is 13.6. The van der Waals surface area contributed by atoms with E-state index in [1.165, 1.54) is 12.8 Å². The normalized spacial score (nSPS) is 27.1. The predicted octanol–water partition coefficient (Wildman–Crippen LogP) is 2.39. The summed E-state index contributed by atoms with van der Waals surface area (Å²) < 4.78 is 2.07. The molecule has 152 valence electrons. The van der Waals surface area contributed by atoms with Crippen molar-refractivity contribution in [3.8, 4) is 0 Å². The Morgan fingerprint density at radius 1 is 1.14 bits per heavy atom. The van der Waals surface area contributed by atoms with Gasteiger partial charge in [-0.05, 0) is 30.4 Å². The molecule has 1 aliphatic carbocycles. The van der Waals surface area contributed by atoms with Crippen molar-refractivity contribution in [3.05, 3.63) is 36.3 Å². The van der Waals surface area contributed by atoms with Gasteiger partial charge >= 0.3 is 0 Å². The maximum Gasteiger partial charge on any atom is 0.234 e. The predicted molar refractivity (Wildman–Crippen MR) is 111 cm³/mol. The van der Waals surface area contributed by atoms with Crippen LogP contribution in [-0.4, -0.2) is 63.9 Å². The van der Waals surface area contributed by atoms with E-state index in [1.807, 2.05) is 24.4 Å². The lowest BCUT2D eigenvalue weighted by atomic mass is 9.78. The van der Waals surface area contributed by atoms with Crippen molar-refractivity contribution >= 4 is 11.6 Å². The van der Waals surface area contributed by atoms with Crippen LogP contribution in [0.15, 0.2) is 30.6 Å². The summed E-state index contributed by atoms with van der Waals surface area (Å²) in [5.74, 6) is 1.49. The number of hydrogen-bond acceptors (Lipinski definition) is 4. The fourth-order valence-electron chi connectivity index (χ4n) is 4.64. The van der Waals surface area contributed by atoms with Crippen LogP contribution in [0.25, 0.3) is 5.65 Å². The minimum Gasteiger partial charge on any atom is -0.352 e. The van der Waals surface area contributed by atoms with Gasteiger partial charge in [0.15, 0.2) is 0 Å². The number of aromatic nitrogens is 2. The average molecular weight is 384 g/mol. The van der Waals surface area contributed by atoms with Crippen molar-refractivity contribution in [2.75, 3.05) is 32.7 Å². The lowest BCUT2D eigenvalue weighted by Gasteiger charge is -2.36. The highest BCUT2D eigenvalue weighted by Gasteiger charge is 2.29. The molecule has 6 nitrogen and oxygen atoms in total. The van der Waals surface area contributed by atoms with Crippen LogP contribution in [0, 0.1) is 11.8 Å². The Bertz CT molecular complexity index is 762. The molecule has 3 unspecified atom stereocenters. The van der Waals surface area contributed by atoms with E-state index < -0.39 is 0 Å². The molecule has 2 fully saturated rings. The highest BCUT2D eigenvalue weighted by Crippen LogP contribution is 2.29. The molecule has 0 aromatic carbocycles. The van der Waals surface area contributed by atoms with Crippen LogP contribution >= 0.6 is 0 Å². The summed E-state index contributed by atoms with van der Waals surface area (Å²) >= 11 is 0. The molecule has 1 N–H and O–H groups in total. The molecule has 1 aliphatic heterocycles. The van der Waals surface area contributed by atoms with Crippen molar-refractivity contribution < 1.29 is 4.79 Å². The van der Waals surface area contributed by atoms with Gasteiger partial charge in [-0.25, -0.2) is 4.98 Å². The molecule has 0 spiro atoms. The van der Waals surface area contributed by atoms with Crippen LogP contribution in [0.4, 0.5) is 0 Å². The van der Waals surface area contributed by atoms with E-state index >= 15 is 0 Å². The molecule has 1 saturated heterocycles. The average Bonchev–Trinajstić information content (AvgIpc) is 3.09. The number of amides is 1. The summed E-state index contributed by atoms with van der Waals surface area (Å²) in [5.41, 5.74) is 2.11. The molecule has 2 aromatic heterocycles. The first-order valence-electron chi connectivity index (χ1n) is 10.7. The number of nitrogens with zero attached hydrogens (tertiary/aromatic N) is 4. The second kappa shape index (κ2) is 8.62. The van der Waals surface area contributed by atoms with Gasteiger partial charge in [0, 0.05) is 51.2 Å². The summed E-state index contributed by atoms with van der Waals surface area (Å²) in [5, 5.41) is 3.31. The van der Waals surface area contributed by atoms with Crippen LogP contribution in [0.5, 0.6) is 0 Å². The largest absolute Gasteiger partial charge is 0.352 e. The van der Waals surface area contributed by atoms with Gasteiger partial charge in [-0.1, -0.05) is 32.8 Å². The van der Waals surface area contributed by atoms with E-state index in [1.54, 1.807) is 0 Å². The zero-order valence-electron chi connectivity index (χ0n) is 17.2. The van der Waals surface area contributed by atoms with Gasteiger partial charge in [-0.2, -0.15) is 0 Å². The number of fused-ring (bicyclic) bond motifs is 1. The van der Waals surface area contributed by atoms with E-state index in [4.69, 9.17) is 4.98 Å². The molecule has 3 heterocycles. The molecule has 3 atom stereocenters. The Hall–Kier alpha value is -1.92. The standard InChI is InChI=1S/C22H33N5O/c1-17-6-5-7-20(18(17)2)24-22(28)16-26-12-10-25(11-13-26)14-19-15-27-9-4-3-8-21(27)23-19/h3-4,8-9,15,17-18,20H,5-7,10-14,16H2,1-2H3,(H,24,28). The minimum atomic E-state index is 0.194. The molecule has 2 aliphatic rings. The third-order valence-electron chi connectivity index (χ3n) is 6.68. The van der Waals surface area contributed by atoms with Crippen LogP contribution in [0.3, 0.4) is 0 Å². The maximum absolute atomic E-state index is 12.5. The van der Waals surface area contributed by atoms with E-state index in [-0.39, 0.29) is 5.91 Å². The number of imidazole rings is 1. The van der Waals surface area contributed by atoms with Crippen molar-refractivity contribution in [2.24, 2.45) is 11.8 Å². The van der Waals surface area contributed by atoms with Crippen molar-refractivity contribution in [2.45, 2.75) is 45.7 Å². The number of carbonyl (C=O) groups excluding carboxylic acids is 1. The van der Waals surface area contributed by atoms with E-state index in [2.05, 4.69) is 39.6 Å². The summed E-state index contributed by atoms with van der Waals surface area (Å²) in [4.78, 5) is 21.9. The Balaban J connectivity index is 1.22. The lowest BCUT2D eigenvalue weighted by molar-refractivity contribution is -0.124. The molecule has 0 radical (unpaired) electrons. The highest BCUT2D eigenvalue weighted by atomic mass is 16.2. The monoisotopic (exact) mass is 383 g/mol. The number of piperazine rings is 1. The summed E-state index contributed by atoms with van der Waals surface area (Å²) in [6.07, 6.45) is 7.81. The smallest absolute Gasteiger partial charge is 0.234 e. The summed E-state index contributed by atoms with van der Waals surface area (Å²) in [6.45, 7) is 9.85. The number of nitrogens with one attached hydrogen (secondary N) is 1. The van der Waals surface area contributed by atoms with E-state index in [0.29, 0.717) is 24.4 Å². The Morgan fingerprint density at radius 3 is 2.71 bits per heavy atom. The quantitative estimate of drug-likeness (QED) is 0.861. The van der Waals surface area contributed by atoms with Gasteiger partial charge in [0.1, 0.15) is 5.65 Å². The van der Waals surface area contributed by atoms with Crippen LogP contribution in [0.1, 0.15) is 38.8 Å². The van der Waals surface area contributed by atoms with Gasteiger partial charge in [0.05, 0.1) is 12.2 Å². The molecular weight excluding hydrogens is 350 g/mol. The topological polar surface area (TPSA) is 52.9 Å². The van der Waals surface area contributed by atoms with Crippen molar-refractivity contribution in [3.63, 3.8) is 0 Å². The van der Waals surface area contributed by atoms with Gasteiger partial charge in [-0.15, -0.1) is 0 Å². The fraction of sp³-hybridized carbons (Fsp3) is 0.636. The van der Waals surface area contributed by atoms with Gasteiger partial charge in [-0.3, -0.25) is 14.6 Å². The molecule has 0 bridgehead atoms. The van der Waals surface area contributed by atoms with Crippen LogP contribution in [0.2, 0.25) is 0 Å². The molecule has 1 saturated carbocycles. The molecule has 1 amide bonds. The second-order valence-electron chi connectivity index (χ2n) is 8.69. The molecule has 2 aromatic rings. The SMILES string of the molecule is CC1CCCC(NC(=O)CN2CCN(Cc3cn4ccccc4n3)CC2)C1C. The number of carbonyl (C=O) groups is 1. The highest BCUT2D eigenvalue weighted by molar-refractivity contribution is 5.78. The second-order valence-corrected chi connectivity index (χ2v) is 8.69. The minimum absolute atomic E-state index is 0.194. The Labute approximate surface area is 167 Å². The van der Waals surface area contributed by atoms with Gasteiger partial charge in [0.25, 0.3) is 0 Å². The van der Waals surface area contributed by atoms with Crippen LogP contribution in [-0.2, 0) is 11.3 Å². The number of hydrogen-bond donors (Lipinski definition) is 1. The zero-order chi connectivity index (χ0) is 19.5. The summed E-state index contributed by atoms with van der Waals surface area (Å²) in [6, 6.07) is 6.43. The van der Waals surface area contributed by atoms with Crippen LogP contribution < -0.4 is 5.32 Å². The molecule has 28 heavy (non-hydrogen) atoms. The van der Waals surface area contributed by atoms with Crippen molar-refractivity contribution in [1.29, 1.82) is 0 Å². The number of rotatable bonds is 5. The van der Waals surface area contributed by atoms with Gasteiger partial charge in [0.2, 0.25) is 5.91 Å². The lowest BCUT2D eigenvalue weighted by Crippen LogP contribution is -2.51. The third-order valence-corrected chi connectivity index (χ3v) is 6.68. The molecular formula is C22H33N5O. The van der Waals surface area contributed by atoms with Gasteiger partial charge < -0.3 is 9.72 Å². The zero-order valence-corrected chi connectivity index (χ0v) is 17.2. The third kappa shape index (κ3) is 4.55. The summed E-state index contributed by atoms with van der Waals surface area (Å²) in [7, 11) is 0. The first kappa shape index (κ1) is 19.4. The Morgan fingerprint density at radius 2 is 1.93 bits per heavy atom. The fourth-order valence-corrected chi connectivity index (χ4v) is 4.64. The number of pyridine rings is 1. The first-order valence-corrected chi connectivity index (χ1v) is 10.7. The van der Waals surface area contributed by atoms with E-state index in [0.717, 1.165) is 50.5 Å². The molecule has 4 rings (SSSR count). The van der Waals surface area contributed by atoms with E-state index in [9.17, 15) is 4.79 Å². The Kier molecular flexibility index (Phi) is 5.97. The van der Waals surface area contributed by atoms with Crippen molar-refractivity contribution in [1.82, 2.24) is 24.5 Å².